The summed E-state index contributed by atoms with van der Waals surface area (Å²) in [5, 5.41) is 3.37. The van der Waals surface area contributed by atoms with Gasteiger partial charge in [0.05, 0.1) is 22.9 Å². The summed E-state index contributed by atoms with van der Waals surface area (Å²) in [4.78, 5) is 32.7. The highest BCUT2D eigenvalue weighted by Crippen LogP contribution is 2.32. The van der Waals surface area contributed by atoms with Gasteiger partial charge >= 0.3 is 6.03 Å². The molecule has 6 nitrogen and oxygen atoms in total. The average molecular weight is 385 g/mol. The highest BCUT2D eigenvalue weighted by atomic mass is 35.5. The normalized spacial score (nSPS) is 16.5. The summed E-state index contributed by atoms with van der Waals surface area (Å²) in [6.45, 7) is 1.15. The van der Waals surface area contributed by atoms with E-state index < -0.39 is 0 Å². The van der Waals surface area contributed by atoms with Gasteiger partial charge in [0.25, 0.3) is 0 Å². The van der Waals surface area contributed by atoms with E-state index in [0.29, 0.717) is 30.2 Å². The van der Waals surface area contributed by atoms with E-state index in [0.717, 1.165) is 30.6 Å². The fourth-order valence-corrected chi connectivity index (χ4v) is 3.47. The van der Waals surface area contributed by atoms with E-state index in [-0.39, 0.29) is 18.0 Å². The predicted octanol–water partition coefficient (Wildman–Crippen LogP) is 4.06. The van der Waals surface area contributed by atoms with Crippen molar-refractivity contribution in [2.24, 2.45) is 0 Å². The maximum atomic E-state index is 12.9. The molecule has 0 unspecified atom stereocenters. The number of amides is 3. The van der Waals surface area contributed by atoms with Gasteiger partial charge in [-0.2, -0.15) is 0 Å². The molecule has 1 aliphatic carbocycles. The minimum Gasteiger partial charge on any atom is -0.316 e. The van der Waals surface area contributed by atoms with Gasteiger partial charge in [0.2, 0.25) is 5.91 Å². The first-order valence-electron chi connectivity index (χ1n) is 9.19. The molecule has 1 aliphatic heterocycles. The molecule has 2 fully saturated rings. The van der Waals surface area contributed by atoms with Crippen LogP contribution in [0.5, 0.6) is 0 Å². The highest BCUT2D eigenvalue weighted by Gasteiger charge is 2.33. The van der Waals surface area contributed by atoms with Gasteiger partial charge < -0.3 is 15.1 Å². The summed E-state index contributed by atoms with van der Waals surface area (Å²) in [6, 6.07) is 11.0. The second-order valence-electron chi connectivity index (χ2n) is 6.92. The van der Waals surface area contributed by atoms with E-state index in [2.05, 4.69) is 10.3 Å². The summed E-state index contributed by atoms with van der Waals surface area (Å²) >= 11 is 6.29. The summed E-state index contributed by atoms with van der Waals surface area (Å²) in [7, 11) is 0. The smallest absolute Gasteiger partial charge is 0.316 e. The number of benzene rings is 1. The van der Waals surface area contributed by atoms with Crippen LogP contribution in [0, 0.1) is 0 Å². The molecule has 4 rings (SSSR count). The van der Waals surface area contributed by atoms with Crippen molar-refractivity contribution in [3.05, 3.63) is 53.3 Å². The van der Waals surface area contributed by atoms with Gasteiger partial charge in [-0.15, -0.1) is 0 Å². The number of carbonyl (C=O) groups excluding carboxylic acids is 2. The van der Waals surface area contributed by atoms with Crippen LogP contribution in [0.1, 0.15) is 31.4 Å². The molecule has 1 aromatic heterocycles. The Kier molecular flexibility index (Phi) is 4.99. The molecule has 1 saturated carbocycles. The monoisotopic (exact) mass is 384 g/mol. The number of aromatic nitrogens is 1. The van der Waals surface area contributed by atoms with Crippen LogP contribution in [0.15, 0.2) is 42.6 Å². The van der Waals surface area contributed by atoms with Gasteiger partial charge in [0, 0.05) is 30.9 Å². The number of rotatable bonds is 5. The van der Waals surface area contributed by atoms with Gasteiger partial charge in [-0.05, 0) is 49.6 Å². The van der Waals surface area contributed by atoms with Crippen molar-refractivity contribution in [1.29, 1.82) is 0 Å². The van der Waals surface area contributed by atoms with Crippen LogP contribution in [-0.4, -0.2) is 34.4 Å². The molecular formula is C20H21ClN4O2. The molecule has 1 N–H and O–H groups in total. The second-order valence-corrected chi connectivity index (χ2v) is 7.33. The summed E-state index contributed by atoms with van der Waals surface area (Å²) < 4.78 is 0. The van der Waals surface area contributed by atoms with E-state index in [1.807, 2.05) is 24.3 Å². The molecule has 7 heteroatoms. The molecule has 2 aliphatic rings. The SMILES string of the molecule is O=C1CCCN1c1ccc(Cl)c(NC(=O)N(Cc2ccccn2)C2CC2)c1. The van der Waals surface area contributed by atoms with E-state index in [1.165, 1.54) is 0 Å². The molecule has 0 atom stereocenters. The van der Waals surface area contributed by atoms with Crippen molar-refractivity contribution in [1.82, 2.24) is 9.88 Å². The summed E-state index contributed by atoms with van der Waals surface area (Å²) in [5.41, 5.74) is 2.13. The number of carbonyl (C=O) groups is 2. The first-order chi connectivity index (χ1) is 13.1. The molecule has 1 saturated heterocycles. The molecule has 2 heterocycles. The minimum atomic E-state index is -0.199. The lowest BCUT2D eigenvalue weighted by Crippen LogP contribution is -2.36. The van der Waals surface area contributed by atoms with Crippen molar-refractivity contribution in [3.63, 3.8) is 0 Å². The van der Waals surface area contributed by atoms with E-state index in [1.54, 1.807) is 28.1 Å². The average Bonchev–Trinajstić information content (AvgIpc) is 3.43. The van der Waals surface area contributed by atoms with E-state index in [4.69, 9.17) is 11.6 Å². The van der Waals surface area contributed by atoms with Crippen molar-refractivity contribution >= 4 is 34.9 Å². The van der Waals surface area contributed by atoms with Crippen LogP contribution in [0.3, 0.4) is 0 Å². The number of urea groups is 1. The molecule has 0 bridgehead atoms. The molecule has 140 valence electrons. The predicted molar refractivity (Wildman–Crippen MR) is 105 cm³/mol. The highest BCUT2D eigenvalue weighted by molar-refractivity contribution is 6.33. The Morgan fingerprint density at radius 1 is 1.30 bits per heavy atom. The van der Waals surface area contributed by atoms with E-state index in [9.17, 15) is 9.59 Å². The van der Waals surface area contributed by atoms with Gasteiger partial charge in [0.1, 0.15) is 0 Å². The Hall–Kier alpha value is -2.60. The Balaban J connectivity index is 1.51. The zero-order valence-electron chi connectivity index (χ0n) is 14.9. The number of nitrogens with one attached hydrogen (secondary N) is 1. The number of nitrogens with zero attached hydrogens (tertiary/aromatic N) is 3. The van der Waals surface area contributed by atoms with Crippen LogP contribution >= 0.6 is 11.6 Å². The standard InChI is InChI=1S/C20H21ClN4O2/c21-17-9-8-16(24-11-3-5-19(24)26)12-18(17)23-20(27)25(15-6-7-15)13-14-4-1-2-10-22-14/h1-2,4,8-10,12,15H,3,5-7,11,13H2,(H,23,27). The first-order valence-corrected chi connectivity index (χ1v) is 9.57. The molecular weight excluding hydrogens is 364 g/mol. The third kappa shape index (κ3) is 4.06. The van der Waals surface area contributed by atoms with E-state index >= 15 is 0 Å². The van der Waals surface area contributed by atoms with Crippen LogP contribution in [-0.2, 0) is 11.3 Å². The Morgan fingerprint density at radius 2 is 2.15 bits per heavy atom. The minimum absolute atomic E-state index is 0.101. The van der Waals surface area contributed by atoms with Crippen LogP contribution in [0.2, 0.25) is 5.02 Å². The number of anilines is 2. The number of hydrogen-bond acceptors (Lipinski definition) is 3. The van der Waals surface area contributed by atoms with Gasteiger partial charge in [-0.3, -0.25) is 9.78 Å². The van der Waals surface area contributed by atoms with Crippen LogP contribution in [0.25, 0.3) is 0 Å². The quantitative estimate of drug-likeness (QED) is 0.845. The number of hydrogen-bond donors (Lipinski definition) is 1. The van der Waals surface area contributed by atoms with Gasteiger partial charge in [-0.25, -0.2) is 4.79 Å². The molecule has 27 heavy (non-hydrogen) atoms. The van der Waals surface area contributed by atoms with Crippen molar-refractivity contribution in [3.8, 4) is 0 Å². The zero-order chi connectivity index (χ0) is 18.8. The molecule has 3 amide bonds. The van der Waals surface area contributed by atoms with Crippen LogP contribution in [0.4, 0.5) is 16.2 Å². The molecule has 0 radical (unpaired) electrons. The summed E-state index contributed by atoms with van der Waals surface area (Å²) in [5.74, 6) is 0.101. The number of pyridine rings is 1. The lowest BCUT2D eigenvalue weighted by Gasteiger charge is -2.23. The fourth-order valence-electron chi connectivity index (χ4n) is 3.30. The van der Waals surface area contributed by atoms with Crippen molar-refractivity contribution < 1.29 is 9.59 Å². The van der Waals surface area contributed by atoms with Crippen molar-refractivity contribution in [2.45, 2.75) is 38.3 Å². The first kappa shape index (κ1) is 17.8. The molecule has 0 spiro atoms. The lowest BCUT2D eigenvalue weighted by molar-refractivity contribution is -0.117. The van der Waals surface area contributed by atoms with Crippen molar-refractivity contribution in [2.75, 3.05) is 16.8 Å². The number of halogens is 1. The maximum Gasteiger partial charge on any atom is 0.322 e. The fraction of sp³-hybridized carbons (Fsp3) is 0.350. The Labute approximate surface area is 163 Å². The van der Waals surface area contributed by atoms with Crippen LogP contribution < -0.4 is 10.2 Å². The zero-order valence-corrected chi connectivity index (χ0v) is 15.7. The topological polar surface area (TPSA) is 65.5 Å². The Morgan fingerprint density at radius 3 is 2.81 bits per heavy atom. The maximum absolute atomic E-state index is 12.9. The largest absolute Gasteiger partial charge is 0.322 e. The van der Waals surface area contributed by atoms with Gasteiger partial charge in [0.15, 0.2) is 0 Å². The third-order valence-electron chi connectivity index (χ3n) is 4.88. The van der Waals surface area contributed by atoms with Gasteiger partial charge in [-0.1, -0.05) is 17.7 Å². The summed E-state index contributed by atoms with van der Waals surface area (Å²) in [6.07, 6.45) is 5.13. The second kappa shape index (κ2) is 7.56. The molecule has 2 aromatic rings. The Bertz CT molecular complexity index is 854. The lowest BCUT2D eigenvalue weighted by atomic mass is 10.2. The third-order valence-corrected chi connectivity index (χ3v) is 5.21. The molecule has 1 aromatic carbocycles.